The number of anilines is 12. The minimum absolute atomic E-state index is 0.479. The second-order valence-electron chi connectivity index (χ2n) is 33.8. The van der Waals surface area contributed by atoms with E-state index >= 15 is 0 Å². The van der Waals surface area contributed by atoms with Crippen LogP contribution in [0.1, 0.15) is 22.3 Å². The van der Waals surface area contributed by atoms with Gasteiger partial charge in [-0.3, -0.25) is 9.97 Å². The SMILES string of the molecule is CNc1ccc(Nc2c3c(c(C)c4nc(-c5ccccc5)c(-c5ccccc5)nc24)OCCO3)cc1.CNc1ccc(Nc2c3c(c(C)c4nc(-c5ccccc5)c(-c5ccccc5)nc24)SCCS3)cc1.CNc1ccc(Nc2c3c(c(C)c4nc(-c5cccs5)c(-c5cccs5)nc24)OCCO3)cc1.CNc1ccc(Nc2c3nccnc3c(C)c3nc(-c4ccccc4)c(-c4ccccc4)nc23)cc1. The molecule has 7 aromatic heterocycles. The first kappa shape index (κ1) is 91.9. The lowest BCUT2D eigenvalue weighted by molar-refractivity contribution is 0.172. The number of fused-ring (bicyclic) bond motifs is 8. The Hall–Kier alpha value is -16.5. The van der Waals surface area contributed by atoms with Crippen molar-refractivity contribution in [2.24, 2.45) is 0 Å². The Morgan fingerprint density at radius 1 is 0.225 bits per heavy atom. The Kier molecular flexibility index (Phi) is 26.9. The summed E-state index contributed by atoms with van der Waals surface area (Å²) in [5.74, 6) is 4.97. The second kappa shape index (κ2) is 41.6. The van der Waals surface area contributed by atoms with Gasteiger partial charge in [-0.15, -0.1) is 46.2 Å². The quantitative estimate of drug-likeness (QED) is 0.0330. The van der Waals surface area contributed by atoms with Crippen LogP contribution >= 0.6 is 46.2 Å². The van der Waals surface area contributed by atoms with Gasteiger partial charge in [-0.2, -0.15) is 0 Å². The topological polar surface area (TPSA) is 262 Å². The highest BCUT2D eigenvalue weighted by atomic mass is 32.2. The third-order valence-corrected chi connectivity index (χ3v) is 29.3. The van der Waals surface area contributed by atoms with Crippen LogP contribution in [0.2, 0.25) is 0 Å². The zero-order valence-electron chi connectivity index (χ0n) is 79.2. The molecule has 0 saturated heterocycles. The molecule has 3 aliphatic rings. The molecule has 8 N–H and O–H groups in total. The number of hydrogen-bond donors (Lipinski definition) is 8. The maximum absolute atomic E-state index is 6.15. The van der Waals surface area contributed by atoms with E-state index in [2.05, 4.69) is 199 Å². The molecule has 0 unspecified atom stereocenters. The Labute approximate surface area is 838 Å². The molecule has 0 aliphatic carbocycles. The first-order valence-corrected chi connectivity index (χ1v) is 50.6. The molecule has 0 radical (unpaired) electrons. The molecule has 0 spiro atoms. The maximum atomic E-state index is 6.15. The van der Waals surface area contributed by atoms with E-state index in [4.69, 9.17) is 63.8 Å². The van der Waals surface area contributed by atoms with Crippen molar-refractivity contribution in [2.75, 3.05) is 109 Å². The van der Waals surface area contributed by atoms with Gasteiger partial charge < -0.3 is 61.5 Å². The van der Waals surface area contributed by atoms with Crippen molar-refractivity contribution in [1.29, 1.82) is 0 Å². The standard InChI is InChI=1S/C30H24N6.C30H26N4O2.C30H26N4S2.C26H22N4O2S2/c1-19-24-28(33-18-17-32-24)30(34-23-15-13-22(31-2)14-16-23)29-25(19)35-26(20-9-5-3-6-10-20)27(36-29)21-11-7-4-8-12-21;2*1-19-24-27(28(30-29(19)35-17-18-36-30)32-23-15-13-22(31-2)14-16-23)34-26(21-11-7-4-8-12-21)25(33-24)20-9-5-3-6-10-20;1-15-20-23(30-22(19-6-4-14-34-19)21(29-20)18-5-3-13-33-18)24(26-25(15)31-11-12-32-26)28-17-9-7-16(27-2)8-10-17/h3-18,31,34H,1-2H3;2*3-16,31-32H,17-18H2,1-2H3;3-10,13-14,27-28H,11-12H2,1-2H3. The monoisotopic (exact) mass is 1930 g/mol. The number of rotatable bonds is 20. The molecule has 142 heavy (non-hydrogen) atoms. The molecule has 0 atom stereocenters. The van der Waals surface area contributed by atoms with Crippen molar-refractivity contribution >= 4 is 170 Å². The molecule has 700 valence electrons. The van der Waals surface area contributed by atoms with Crippen LogP contribution in [-0.4, -0.2) is 116 Å². The summed E-state index contributed by atoms with van der Waals surface area (Å²) in [5.41, 5.74) is 36.6. The highest BCUT2D eigenvalue weighted by Gasteiger charge is 2.32. The van der Waals surface area contributed by atoms with Crippen LogP contribution in [0.25, 0.3) is 144 Å². The number of aromatic nitrogens is 10. The third kappa shape index (κ3) is 18.8. The van der Waals surface area contributed by atoms with Gasteiger partial charge in [0.15, 0.2) is 23.0 Å². The summed E-state index contributed by atoms with van der Waals surface area (Å²) in [6.45, 7) is 10.3. The number of nitrogens with zero attached hydrogens (tertiary/aromatic N) is 10. The van der Waals surface area contributed by atoms with Gasteiger partial charge in [-0.05, 0) is 153 Å². The molecule has 26 heteroatoms. The van der Waals surface area contributed by atoms with E-state index in [0.717, 1.165) is 246 Å². The van der Waals surface area contributed by atoms with Gasteiger partial charge >= 0.3 is 0 Å². The molecule has 10 heterocycles. The van der Waals surface area contributed by atoms with E-state index < -0.39 is 0 Å². The largest absolute Gasteiger partial charge is 0.486 e. The molecule has 24 rings (SSSR count). The number of nitrogens with one attached hydrogen (secondary N) is 8. The molecule has 0 amide bonds. The Bertz CT molecular complexity index is 7910. The van der Waals surface area contributed by atoms with Gasteiger partial charge in [0.1, 0.15) is 76.8 Å². The van der Waals surface area contributed by atoms with Crippen molar-refractivity contribution in [3.8, 4) is 112 Å². The van der Waals surface area contributed by atoms with Gasteiger partial charge in [0.2, 0.25) is 0 Å². The average molecular weight is 1940 g/mol. The van der Waals surface area contributed by atoms with Crippen LogP contribution in [0.4, 0.5) is 68.2 Å². The fourth-order valence-electron chi connectivity index (χ4n) is 17.7. The minimum atomic E-state index is 0.479. The summed E-state index contributed by atoms with van der Waals surface area (Å²) in [6, 6.07) is 103. The molecular formula is C116H98N18O4S4. The Balaban J connectivity index is 0.000000112. The van der Waals surface area contributed by atoms with Crippen LogP contribution < -0.4 is 61.5 Å². The van der Waals surface area contributed by atoms with E-state index in [0.29, 0.717) is 43.7 Å². The third-order valence-electron chi connectivity index (χ3n) is 24.9. The van der Waals surface area contributed by atoms with E-state index in [1.807, 2.05) is 242 Å². The van der Waals surface area contributed by atoms with Crippen LogP contribution in [0, 0.1) is 27.7 Å². The maximum Gasteiger partial charge on any atom is 0.187 e. The van der Waals surface area contributed by atoms with Crippen LogP contribution in [0.3, 0.4) is 0 Å². The fraction of sp³-hybridized carbons (Fsp3) is 0.121. The summed E-state index contributed by atoms with van der Waals surface area (Å²) in [6.07, 6.45) is 3.43. The van der Waals surface area contributed by atoms with Crippen molar-refractivity contribution < 1.29 is 18.9 Å². The first-order valence-electron chi connectivity index (χ1n) is 46.9. The molecule has 0 saturated carbocycles. The van der Waals surface area contributed by atoms with Crippen molar-refractivity contribution in [3.63, 3.8) is 0 Å². The highest BCUT2D eigenvalue weighted by Crippen LogP contribution is 2.53. The average Bonchev–Trinajstić information content (AvgIpc) is 0.763. The second-order valence-corrected chi connectivity index (χ2v) is 37.9. The molecule has 0 fully saturated rings. The molecule has 3 aliphatic heterocycles. The minimum Gasteiger partial charge on any atom is -0.486 e. The summed E-state index contributed by atoms with van der Waals surface area (Å²) in [4.78, 5) is 56.1. The molecule has 0 bridgehead atoms. The normalized spacial score (nSPS) is 12.2. The van der Waals surface area contributed by atoms with Gasteiger partial charge in [-0.1, -0.05) is 194 Å². The lowest BCUT2D eigenvalue weighted by Crippen LogP contribution is -2.18. The summed E-state index contributed by atoms with van der Waals surface area (Å²) >= 11 is 7.16. The van der Waals surface area contributed by atoms with Crippen LogP contribution in [0.15, 0.2) is 336 Å². The smallest absolute Gasteiger partial charge is 0.187 e. The van der Waals surface area contributed by atoms with E-state index in [9.17, 15) is 0 Å². The predicted octanol–water partition coefficient (Wildman–Crippen LogP) is 29.0. The van der Waals surface area contributed by atoms with Crippen molar-refractivity contribution in [1.82, 2.24) is 49.8 Å². The highest BCUT2D eigenvalue weighted by molar-refractivity contribution is 8.05. The van der Waals surface area contributed by atoms with E-state index in [-0.39, 0.29) is 0 Å². The summed E-state index contributed by atoms with van der Waals surface area (Å²) in [7, 11) is 7.65. The van der Waals surface area contributed by atoms with E-state index in [1.165, 1.54) is 15.4 Å². The van der Waals surface area contributed by atoms with Crippen LogP contribution in [0.5, 0.6) is 23.0 Å². The lowest BCUT2D eigenvalue weighted by atomic mass is 10.0. The Morgan fingerprint density at radius 3 is 0.817 bits per heavy atom. The molecule has 21 aromatic rings. The molecular weight excluding hydrogens is 1840 g/mol. The number of hydrogen-bond acceptors (Lipinski definition) is 26. The summed E-state index contributed by atoms with van der Waals surface area (Å²) < 4.78 is 24.5. The number of thioether (sulfide) groups is 2. The zero-order valence-corrected chi connectivity index (χ0v) is 82.4. The lowest BCUT2D eigenvalue weighted by Gasteiger charge is -2.25. The Morgan fingerprint density at radius 2 is 0.486 bits per heavy atom. The summed E-state index contributed by atoms with van der Waals surface area (Å²) in [5, 5.41) is 31.2. The molecule has 14 aromatic carbocycles. The predicted molar refractivity (Wildman–Crippen MR) is 590 cm³/mol. The number of benzene rings is 14. The number of ether oxygens (including phenoxy) is 4. The van der Waals surface area contributed by atoms with Gasteiger partial charge in [0.05, 0.1) is 82.9 Å². The van der Waals surface area contributed by atoms with Gasteiger partial charge in [0, 0.05) is 157 Å². The molecule has 22 nitrogen and oxygen atoms in total. The van der Waals surface area contributed by atoms with Crippen LogP contribution in [-0.2, 0) is 0 Å². The first-order chi connectivity index (χ1) is 69.9. The van der Waals surface area contributed by atoms with Gasteiger partial charge in [0.25, 0.3) is 0 Å². The van der Waals surface area contributed by atoms with Crippen molar-refractivity contribution in [3.05, 3.63) is 349 Å². The number of aryl methyl sites for hydroxylation is 4. The zero-order chi connectivity index (χ0) is 96.5. The number of thiophene rings is 2. The fourth-order valence-corrected chi connectivity index (χ4v) is 21.7. The van der Waals surface area contributed by atoms with Gasteiger partial charge in [-0.25, -0.2) is 39.9 Å². The van der Waals surface area contributed by atoms with E-state index in [1.54, 1.807) is 35.1 Å². The van der Waals surface area contributed by atoms with Crippen molar-refractivity contribution in [2.45, 2.75) is 37.5 Å².